The summed E-state index contributed by atoms with van der Waals surface area (Å²) >= 11 is 0. The van der Waals surface area contributed by atoms with Gasteiger partial charge in [0, 0.05) is 12.7 Å². The van der Waals surface area contributed by atoms with Crippen LogP contribution in [0.5, 0.6) is 0 Å². The molecule has 13 heavy (non-hydrogen) atoms. The number of fused-ring (bicyclic) bond motifs is 1. The topological polar surface area (TPSA) is 44.8 Å². The molecule has 3 atom stereocenters. The Morgan fingerprint density at radius 2 is 2.38 bits per heavy atom. The van der Waals surface area contributed by atoms with Crippen LogP contribution in [0.25, 0.3) is 0 Å². The Morgan fingerprint density at radius 1 is 1.54 bits per heavy atom. The van der Waals surface area contributed by atoms with Gasteiger partial charge in [-0.25, -0.2) is 4.79 Å². The minimum atomic E-state index is -0.412. The van der Waals surface area contributed by atoms with Crippen LogP contribution in [-0.2, 0) is 19.0 Å². The van der Waals surface area contributed by atoms with Crippen LogP contribution < -0.4 is 0 Å². The largest absolute Gasteiger partial charge is 0.454 e. The predicted molar refractivity (Wildman–Crippen MR) is 44.2 cm³/mol. The third-order valence-corrected chi connectivity index (χ3v) is 2.35. The quantitative estimate of drug-likeness (QED) is 0.456. The second-order valence-corrected chi connectivity index (χ2v) is 3.18. The number of carbonyl (C=O) groups is 1. The number of ether oxygens (including phenoxy) is 3. The van der Waals surface area contributed by atoms with Crippen LogP contribution in [-0.4, -0.2) is 37.5 Å². The van der Waals surface area contributed by atoms with Crippen LogP contribution in [0.2, 0.25) is 0 Å². The molecule has 4 heteroatoms. The van der Waals surface area contributed by atoms with E-state index < -0.39 is 5.97 Å². The summed E-state index contributed by atoms with van der Waals surface area (Å²) in [5, 5.41) is 0. The number of hydrogen-bond donors (Lipinski definition) is 0. The summed E-state index contributed by atoms with van der Waals surface area (Å²) in [6, 6.07) is 0. The van der Waals surface area contributed by atoms with E-state index in [-0.39, 0.29) is 18.3 Å². The van der Waals surface area contributed by atoms with E-state index in [1.165, 1.54) is 0 Å². The summed E-state index contributed by atoms with van der Waals surface area (Å²) in [5.74, 6) is -0.412. The van der Waals surface area contributed by atoms with Gasteiger partial charge in [-0.05, 0) is 6.42 Å². The summed E-state index contributed by atoms with van der Waals surface area (Å²) in [7, 11) is 0. The Morgan fingerprint density at radius 3 is 3.15 bits per heavy atom. The van der Waals surface area contributed by atoms with Gasteiger partial charge in [-0.3, -0.25) is 0 Å². The van der Waals surface area contributed by atoms with Crippen molar-refractivity contribution in [3.8, 4) is 0 Å². The molecule has 0 amide bonds. The molecule has 0 aromatic carbocycles. The average Bonchev–Trinajstić information content (AvgIpc) is 2.69. The van der Waals surface area contributed by atoms with E-state index in [0.717, 1.165) is 12.5 Å². The standard InChI is InChI=1S/C9H12O4/c1-2-8(10)13-7-5-12-6-3-4-11-9(6)7/h2,6-7,9H,1,3-5H2/t6-,7-,9?/m1/s1. The van der Waals surface area contributed by atoms with Crippen molar-refractivity contribution in [2.45, 2.75) is 24.7 Å². The lowest BCUT2D eigenvalue weighted by molar-refractivity contribution is -0.147. The minimum absolute atomic E-state index is 0.0658. The van der Waals surface area contributed by atoms with Crippen molar-refractivity contribution in [2.75, 3.05) is 13.2 Å². The van der Waals surface area contributed by atoms with Gasteiger partial charge in [0.25, 0.3) is 0 Å². The summed E-state index contributed by atoms with van der Waals surface area (Å²) < 4.78 is 15.9. The number of carbonyl (C=O) groups excluding carboxylic acids is 1. The first kappa shape index (κ1) is 8.72. The van der Waals surface area contributed by atoms with E-state index in [9.17, 15) is 4.79 Å². The first-order chi connectivity index (χ1) is 6.31. The van der Waals surface area contributed by atoms with Crippen molar-refractivity contribution in [1.82, 2.24) is 0 Å². The monoisotopic (exact) mass is 184 g/mol. The molecule has 2 heterocycles. The molecule has 2 aliphatic rings. The number of esters is 1. The van der Waals surface area contributed by atoms with Gasteiger partial charge in [-0.15, -0.1) is 0 Å². The SMILES string of the molecule is C=CC(=O)O[C@@H]1CO[C@@H]2CCOC21. The average molecular weight is 184 g/mol. The molecule has 2 aliphatic heterocycles. The molecule has 0 aromatic rings. The summed E-state index contributed by atoms with van der Waals surface area (Å²) in [5.41, 5.74) is 0. The Bertz CT molecular complexity index is 226. The van der Waals surface area contributed by atoms with E-state index in [1.807, 2.05) is 0 Å². The predicted octanol–water partition coefficient (Wildman–Crippen LogP) is 0.272. The first-order valence-corrected chi connectivity index (χ1v) is 4.37. The zero-order chi connectivity index (χ0) is 9.26. The molecule has 2 rings (SSSR count). The Labute approximate surface area is 76.5 Å². The Kier molecular flexibility index (Phi) is 2.33. The van der Waals surface area contributed by atoms with Crippen molar-refractivity contribution in [3.05, 3.63) is 12.7 Å². The van der Waals surface area contributed by atoms with Crippen molar-refractivity contribution >= 4 is 5.97 Å². The fourth-order valence-electron chi connectivity index (χ4n) is 1.73. The first-order valence-electron chi connectivity index (χ1n) is 4.37. The molecule has 0 spiro atoms. The van der Waals surface area contributed by atoms with E-state index in [4.69, 9.17) is 14.2 Å². The van der Waals surface area contributed by atoms with Crippen LogP contribution in [0.3, 0.4) is 0 Å². The number of hydrogen-bond acceptors (Lipinski definition) is 4. The van der Waals surface area contributed by atoms with Gasteiger partial charge < -0.3 is 14.2 Å². The van der Waals surface area contributed by atoms with Crippen LogP contribution in [0.4, 0.5) is 0 Å². The molecule has 4 nitrogen and oxygen atoms in total. The van der Waals surface area contributed by atoms with Crippen molar-refractivity contribution in [2.24, 2.45) is 0 Å². The van der Waals surface area contributed by atoms with E-state index in [1.54, 1.807) is 0 Å². The van der Waals surface area contributed by atoms with E-state index in [0.29, 0.717) is 13.2 Å². The lowest BCUT2D eigenvalue weighted by atomic mass is 10.1. The highest BCUT2D eigenvalue weighted by Gasteiger charge is 2.43. The van der Waals surface area contributed by atoms with Crippen molar-refractivity contribution in [1.29, 1.82) is 0 Å². The fourth-order valence-corrected chi connectivity index (χ4v) is 1.73. The van der Waals surface area contributed by atoms with Gasteiger partial charge in [0.1, 0.15) is 6.10 Å². The highest BCUT2D eigenvalue weighted by atomic mass is 16.6. The summed E-state index contributed by atoms with van der Waals surface area (Å²) in [6.45, 7) is 4.46. The van der Waals surface area contributed by atoms with Crippen LogP contribution in [0.1, 0.15) is 6.42 Å². The summed E-state index contributed by atoms with van der Waals surface area (Å²) in [6.07, 6.45) is 1.85. The van der Waals surface area contributed by atoms with Crippen molar-refractivity contribution < 1.29 is 19.0 Å². The smallest absolute Gasteiger partial charge is 0.330 e. The van der Waals surface area contributed by atoms with Gasteiger partial charge >= 0.3 is 5.97 Å². The molecule has 0 aromatic heterocycles. The number of rotatable bonds is 2. The molecule has 0 saturated carbocycles. The molecular weight excluding hydrogens is 172 g/mol. The third-order valence-electron chi connectivity index (χ3n) is 2.35. The molecule has 1 unspecified atom stereocenters. The van der Waals surface area contributed by atoms with E-state index in [2.05, 4.69) is 6.58 Å². The van der Waals surface area contributed by atoms with Gasteiger partial charge in [0.2, 0.25) is 0 Å². The molecule has 2 saturated heterocycles. The zero-order valence-corrected chi connectivity index (χ0v) is 7.27. The zero-order valence-electron chi connectivity index (χ0n) is 7.27. The van der Waals surface area contributed by atoms with Gasteiger partial charge in [-0.2, -0.15) is 0 Å². The fraction of sp³-hybridized carbons (Fsp3) is 0.667. The van der Waals surface area contributed by atoms with Gasteiger partial charge in [0.05, 0.1) is 12.7 Å². The second kappa shape index (κ2) is 3.47. The van der Waals surface area contributed by atoms with Gasteiger partial charge in [0.15, 0.2) is 6.10 Å². The molecular formula is C9H12O4. The maximum absolute atomic E-state index is 10.9. The molecule has 72 valence electrons. The summed E-state index contributed by atoms with van der Waals surface area (Å²) in [4.78, 5) is 10.9. The highest BCUT2D eigenvalue weighted by molar-refractivity contribution is 5.81. The maximum atomic E-state index is 10.9. The lowest BCUT2D eigenvalue weighted by Gasteiger charge is -2.15. The highest BCUT2D eigenvalue weighted by Crippen LogP contribution is 2.28. The molecule has 2 fully saturated rings. The third kappa shape index (κ3) is 1.59. The lowest BCUT2D eigenvalue weighted by Crippen LogP contribution is -2.31. The van der Waals surface area contributed by atoms with Gasteiger partial charge in [-0.1, -0.05) is 6.58 Å². The normalized spacial score (nSPS) is 37.1. The van der Waals surface area contributed by atoms with E-state index >= 15 is 0 Å². The minimum Gasteiger partial charge on any atom is -0.454 e. The van der Waals surface area contributed by atoms with Crippen LogP contribution >= 0.6 is 0 Å². The van der Waals surface area contributed by atoms with Crippen molar-refractivity contribution in [3.63, 3.8) is 0 Å². The van der Waals surface area contributed by atoms with Crippen LogP contribution in [0.15, 0.2) is 12.7 Å². The Balaban J connectivity index is 1.93. The molecule has 0 radical (unpaired) electrons. The Hall–Kier alpha value is -0.870. The molecule has 0 N–H and O–H groups in total. The van der Waals surface area contributed by atoms with Crippen LogP contribution in [0, 0.1) is 0 Å². The second-order valence-electron chi connectivity index (χ2n) is 3.18. The maximum Gasteiger partial charge on any atom is 0.330 e. The molecule has 0 aliphatic carbocycles. The molecule has 0 bridgehead atoms.